The Morgan fingerprint density at radius 3 is 1.67 bits per heavy atom. The number of aromatic nitrogens is 3. The Morgan fingerprint density at radius 2 is 1.20 bits per heavy atom. The van der Waals surface area contributed by atoms with Crippen LogP contribution in [-0.2, 0) is 16.0 Å². The fourth-order valence-electron chi connectivity index (χ4n) is 5.57. The largest absolute Gasteiger partial charge is 0.479 e. The second-order valence-corrected chi connectivity index (χ2v) is 13.0. The smallest absolute Gasteiger partial charge is 0.251 e. The number of aliphatic hydroxyl groups is 1. The molecule has 0 aromatic carbocycles. The van der Waals surface area contributed by atoms with Crippen LogP contribution in [0.4, 0.5) is 15.8 Å². The molecule has 0 amide bonds. The van der Waals surface area contributed by atoms with E-state index in [1.54, 1.807) is 13.2 Å². The zero-order valence-corrected chi connectivity index (χ0v) is 32.4. The zero-order chi connectivity index (χ0) is 37.0. The van der Waals surface area contributed by atoms with Gasteiger partial charge in [0.2, 0.25) is 5.88 Å². The second-order valence-electron chi connectivity index (χ2n) is 11.8. The summed E-state index contributed by atoms with van der Waals surface area (Å²) in [6, 6.07) is 10.2. The molecule has 11 nitrogen and oxygen atoms in total. The molecule has 3 aromatic heterocycles. The molecule has 6 rings (SSSR count). The molecule has 3 aliphatic rings. The Balaban J connectivity index is 0.000000195. The van der Waals surface area contributed by atoms with Crippen molar-refractivity contribution in [2.24, 2.45) is 0 Å². The van der Waals surface area contributed by atoms with Crippen molar-refractivity contribution in [1.29, 1.82) is 0 Å². The van der Waals surface area contributed by atoms with E-state index in [1.807, 2.05) is 12.1 Å². The molecule has 15 heteroatoms. The fourth-order valence-corrected chi connectivity index (χ4v) is 6.01. The number of pyridine rings is 3. The Kier molecular flexibility index (Phi) is 19.9. The molecule has 0 radical (unpaired) electrons. The maximum absolute atomic E-state index is 12.5. The van der Waals surface area contributed by atoms with Gasteiger partial charge in [-0.1, -0.05) is 67.9 Å². The quantitative estimate of drug-likeness (QED) is 0.235. The van der Waals surface area contributed by atoms with E-state index < -0.39 is 5.82 Å². The molecule has 51 heavy (non-hydrogen) atoms. The van der Waals surface area contributed by atoms with Gasteiger partial charge >= 0.3 is 0 Å². The first-order valence-corrected chi connectivity index (χ1v) is 18.6. The van der Waals surface area contributed by atoms with E-state index in [-0.39, 0.29) is 17.1 Å². The van der Waals surface area contributed by atoms with Gasteiger partial charge in [-0.15, -0.1) is 0 Å². The van der Waals surface area contributed by atoms with Crippen LogP contribution in [0.5, 0.6) is 11.8 Å². The molecular formula is C36H52Cl3FN6O5. The summed E-state index contributed by atoms with van der Waals surface area (Å²) in [7, 11) is 2.93. The summed E-state index contributed by atoms with van der Waals surface area (Å²) < 4.78 is 33.0. The van der Waals surface area contributed by atoms with Crippen molar-refractivity contribution >= 4 is 46.2 Å². The summed E-state index contributed by atoms with van der Waals surface area (Å²) >= 11 is 17.3. The van der Waals surface area contributed by atoms with Crippen LogP contribution >= 0.6 is 34.8 Å². The summed E-state index contributed by atoms with van der Waals surface area (Å²) in [5, 5.41) is 10.1. The molecule has 1 aliphatic carbocycles. The maximum atomic E-state index is 12.5. The van der Waals surface area contributed by atoms with Crippen molar-refractivity contribution in [2.45, 2.75) is 58.6 Å². The molecule has 284 valence electrons. The topological polar surface area (TPSA) is 106 Å². The summed E-state index contributed by atoms with van der Waals surface area (Å²) in [5.41, 5.74) is 3.24. The second kappa shape index (κ2) is 23.8. The average Bonchev–Trinajstić information content (AvgIpc) is 3.16. The third-order valence-electron chi connectivity index (χ3n) is 8.43. The fraction of sp³-hybridized carbons (Fsp3) is 0.583. The molecule has 0 spiro atoms. The SMILES string of the molecule is CCN(CC)Cc1nc(Cl)ccc1N1CCOCC1.COc1nc(Cl)ccc1F.COc1nc(Cl)ccc1N1CCOCC1.OC1CCCCC1. The molecule has 2 saturated heterocycles. The number of anilines is 2. The van der Waals surface area contributed by atoms with E-state index in [4.69, 9.17) is 54.1 Å². The van der Waals surface area contributed by atoms with Gasteiger partial charge in [-0.25, -0.2) is 9.37 Å². The van der Waals surface area contributed by atoms with Crippen LogP contribution in [0.1, 0.15) is 51.6 Å². The predicted octanol–water partition coefficient (Wildman–Crippen LogP) is 7.19. The molecule has 3 aromatic rings. The molecule has 1 N–H and O–H groups in total. The minimum atomic E-state index is -0.507. The van der Waals surface area contributed by atoms with E-state index in [2.05, 4.69) is 54.3 Å². The van der Waals surface area contributed by atoms with E-state index in [0.717, 1.165) is 96.5 Å². The number of nitrogens with zero attached hydrogens (tertiary/aromatic N) is 6. The summed E-state index contributed by atoms with van der Waals surface area (Å²) in [6.45, 7) is 13.9. The van der Waals surface area contributed by atoms with Crippen molar-refractivity contribution < 1.29 is 28.4 Å². The lowest BCUT2D eigenvalue weighted by atomic mass is 9.98. The normalized spacial score (nSPS) is 16.2. The molecule has 0 bridgehead atoms. The first-order valence-electron chi connectivity index (χ1n) is 17.5. The predicted molar refractivity (Wildman–Crippen MR) is 203 cm³/mol. The molecular weight excluding hydrogens is 722 g/mol. The highest BCUT2D eigenvalue weighted by atomic mass is 35.5. The van der Waals surface area contributed by atoms with Gasteiger partial charge in [-0.05, 0) is 62.3 Å². The number of morpholine rings is 2. The van der Waals surface area contributed by atoms with Crippen LogP contribution in [-0.4, -0.2) is 111 Å². The van der Waals surface area contributed by atoms with Crippen LogP contribution in [0, 0.1) is 5.82 Å². The number of hydrogen-bond acceptors (Lipinski definition) is 11. The van der Waals surface area contributed by atoms with Crippen molar-refractivity contribution in [3.05, 3.63) is 63.4 Å². The van der Waals surface area contributed by atoms with Crippen molar-refractivity contribution in [1.82, 2.24) is 19.9 Å². The van der Waals surface area contributed by atoms with Gasteiger partial charge in [-0.2, -0.15) is 9.97 Å². The highest BCUT2D eigenvalue weighted by Crippen LogP contribution is 2.28. The van der Waals surface area contributed by atoms with Crippen LogP contribution in [0.2, 0.25) is 15.5 Å². The molecule has 2 aliphatic heterocycles. The zero-order valence-electron chi connectivity index (χ0n) is 30.1. The van der Waals surface area contributed by atoms with Crippen LogP contribution < -0.4 is 19.3 Å². The maximum Gasteiger partial charge on any atom is 0.251 e. The van der Waals surface area contributed by atoms with Crippen LogP contribution in [0.15, 0.2) is 36.4 Å². The van der Waals surface area contributed by atoms with E-state index in [0.29, 0.717) is 16.2 Å². The lowest BCUT2D eigenvalue weighted by molar-refractivity contribution is 0.122. The van der Waals surface area contributed by atoms with Gasteiger partial charge in [-0.3, -0.25) is 4.90 Å². The Morgan fingerprint density at radius 1 is 0.725 bits per heavy atom. The Bertz CT molecular complexity index is 1430. The monoisotopic (exact) mass is 772 g/mol. The third kappa shape index (κ3) is 15.0. The van der Waals surface area contributed by atoms with Crippen molar-refractivity contribution in [3.8, 4) is 11.8 Å². The summed E-state index contributed by atoms with van der Waals surface area (Å²) in [6.07, 6.45) is 5.92. The van der Waals surface area contributed by atoms with E-state index in [1.165, 1.54) is 44.2 Å². The Hall–Kier alpha value is -2.71. The van der Waals surface area contributed by atoms with Gasteiger partial charge in [0.05, 0.1) is 58.1 Å². The first kappa shape index (κ1) is 42.7. The van der Waals surface area contributed by atoms with Gasteiger partial charge in [0.1, 0.15) is 21.1 Å². The Labute approximate surface area is 316 Å². The van der Waals surface area contributed by atoms with Crippen molar-refractivity contribution in [3.63, 3.8) is 0 Å². The molecule has 5 heterocycles. The lowest BCUT2D eigenvalue weighted by Crippen LogP contribution is -2.37. The number of methoxy groups -OCH3 is 2. The van der Waals surface area contributed by atoms with E-state index >= 15 is 0 Å². The standard InChI is InChI=1S/C14H22ClN3O.C10H13ClN2O2.C6H5ClFNO.C6H12O/c1-3-17(4-2)11-12-13(5-6-14(15)16-12)18-7-9-19-10-8-18;1-14-10-8(2-3-9(11)12-10)13-4-6-15-7-5-13;1-10-6-4(8)2-3-5(7)9-6;7-6-4-2-1-3-5-6/h5-6H,3-4,7-11H2,1-2H3;2-3H,4-7H2,1H3;2-3H,1H3;6-7H,1-5H2. The molecule has 1 saturated carbocycles. The molecule has 0 unspecified atom stereocenters. The minimum absolute atomic E-state index is 0.0359. The number of hydrogen-bond donors (Lipinski definition) is 1. The van der Waals surface area contributed by atoms with E-state index in [9.17, 15) is 4.39 Å². The van der Waals surface area contributed by atoms with Crippen LogP contribution in [0.3, 0.4) is 0 Å². The summed E-state index contributed by atoms with van der Waals surface area (Å²) in [4.78, 5) is 19.1. The number of aliphatic hydroxyl groups excluding tert-OH is 1. The number of halogens is 4. The minimum Gasteiger partial charge on any atom is -0.479 e. The molecule has 3 fully saturated rings. The van der Waals surface area contributed by atoms with Crippen LogP contribution in [0.25, 0.3) is 0 Å². The van der Waals surface area contributed by atoms with Gasteiger partial charge < -0.3 is 33.9 Å². The first-order chi connectivity index (χ1) is 24.7. The summed E-state index contributed by atoms with van der Waals surface area (Å²) in [5.74, 6) is -0.0104. The van der Waals surface area contributed by atoms with Crippen molar-refractivity contribution in [2.75, 3.05) is 89.7 Å². The lowest BCUT2D eigenvalue weighted by Gasteiger charge is -2.31. The number of ether oxygens (including phenoxy) is 4. The highest BCUT2D eigenvalue weighted by molar-refractivity contribution is 6.30. The molecule has 0 atom stereocenters. The third-order valence-corrected chi connectivity index (χ3v) is 9.07. The van der Waals surface area contributed by atoms with Gasteiger partial charge in [0.15, 0.2) is 5.82 Å². The highest BCUT2D eigenvalue weighted by Gasteiger charge is 2.18. The van der Waals surface area contributed by atoms with Gasteiger partial charge in [0, 0.05) is 32.7 Å². The average molecular weight is 774 g/mol. The number of rotatable bonds is 8. The van der Waals surface area contributed by atoms with Gasteiger partial charge in [0.25, 0.3) is 5.88 Å².